The molecule has 10 nitrogen and oxygen atoms in total. The van der Waals surface area contributed by atoms with E-state index in [9.17, 15) is 9.59 Å². The van der Waals surface area contributed by atoms with Gasteiger partial charge in [0.05, 0.1) is 19.0 Å². The van der Waals surface area contributed by atoms with Gasteiger partial charge in [0.2, 0.25) is 5.91 Å². The number of carbonyl (C=O) groups excluding carboxylic acids is 2. The fraction of sp³-hybridized carbons (Fsp3) is 0.176. The third kappa shape index (κ3) is 10.1. The largest absolute Gasteiger partial charge is 0.370 e. The lowest BCUT2D eigenvalue weighted by Crippen LogP contribution is -2.48. The highest BCUT2D eigenvalue weighted by Gasteiger charge is 2.21. The molecule has 4 aromatic rings. The summed E-state index contributed by atoms with van der Waals surface area (Å²) in [5.41, 5.74) is 23.2. The molecule has 44 heavy (non-hydrogen) atoms. The zero-order valence-corrected chi connectivity index (χ0v) is 24.4. The predicted molar refractivity (Wildman–Crippen MR) is 174 cm³/mol. The summed E-state index contributed by atoms with van der Waals surface area (Å²) in [7, 11) is 0. The molecule has 0 fully saturated rings. The van der Waals surface area contributed by atoms with Gasteiger partial charge >= 0.3 is 6.03 Å². The zero-order valence-electron chi connectivity index (χ0n) is 24.4. The van der Waals surface area contributed by atoms with Crippen molar-refractivity contribution >= 4 is 23.9 Å². The summed E-state index contributed by atoms with van der Waals surface area (Å²) < 4.78 is 0. The van der Waals surface area contributed by atoms with Crippen molar-refractivity contribution in [2.45, 2.75) is 38.5 Å². The topological polar surface area (TPSA) is 173 Å². The van der Waals surface area contributed by atoms with E-state index in [0.29, 0.717) is 26.1 Å². The molecule has 0 aromatic heterocycles. The minimum atomic E-state index is -0.650. The van der Waals surface area contributed by atoms with Gasteiger partial charge < -0.3 is 22.5 Å². The van der Waals surface area contributed by atoms with Crippen LogP contribution in [0.5, 0.6) is 0 Å². The first kappa shape index (κ1) is 31.5. The Balaban J connectivity index is 1.28. The molecule has 226 valence electrons. The molecule has 9 N–H and O–H groups in total. The molecule has 4 rings (SSSR count). The molecule has 0 bridgehead atoms. The van der Waals surface area contributed by atoms with Crippen LogP contribution in [0.3, 0.4) is 0 Å². The summed E-state index contributed by atoms with van der Waals surface area (Å²) in [6, 6.07) is 34.4. The van der Waals surface area contributed by atoms with E-state index in [2.05, 4.69) is 25.9 Å². The number of rotatable bonds is 11. The molecule has 4 aromatic carbocycles. The van der Waals surface area contributed by atoms with Gasteiger partial charge in [-0.25, -0.2) is 14.8 Å². The standard InChI is InChI=1S/C34H38N8O2/c35-20-25-11-7-12-26(17-25)22-39-32(36)41-34(44)42-33(37)40-23-28-14-8-13-27(18-28)21-38-31(43)30(29-15-5-2-6-16-29)19-24-9-3-1-4-10-24/h1-18,30H,19-23,35H2,(H,38,43)(H6,36,37,39,40,41,42,44). The number of nitrogens with two attached hydrogens (primary N) is 3. The molecular formula is C34H38N8O2. The summed E-state index contributed by atoms with van der Waals surface area (Å²) in [5, 5.41) is 7.96. The van der Waals surface area contributed by atoms with E-state index in [-0.39, 0.29) is 30.3 Å². The van der Waals surface area contributed by atoms with Gasteiger partial charge in [-0.3, -0.25) is 15.4 Å². The highest BCUT2D eigenvalue weighted by atomic mass is 16.2. The van der Waals surface area contributed by atoms with Crippen molar-refractivity contribution in [3.8, 4) is 0 Å². The van der Waals surface area contributed by atoms with Crippen molar-refractivity contribution in [2.24, 2.45) is 27.2 Å². The Morgan fingerprint density at radius 3 is 1.73 bits per heavy atom. The van der Waals surface area contributed by atoms with Crippen molar-refractivity contribution in [2.75, 3.05) is 0 Å². The van der Waals surface area contributed by atoms with Crippen molar-refractivity contribution in [3.05, 3.63) is 143 Å². The van der Waals surface area contributed by atoms with Crippen LogP contribution in [0.15, 0.2) is 119 Å². The van der Waals surface area contributed by atoms with Crippen LogP contribution in [0, 0.1) is 0 Å². The molecule has 0 aliphatic rings. The van der Waals surface area contributed by atoms with E-state index in [1.54, 1.807) is 0 Å². The maximum absolute atomic E-state index is 13.3. The Hall–Kier alpha value is -5.48. The molecule has 0 saturated carbocycles. The lowest BCUT2D eigenvalue weighted by atomic mass is 9.91. The minimum absolute atomic E-state index is 0.0465. The normalized spacial score (nSPS) is 12.3. The van der Waals surface area contributed by atoms with Gasteiger partial charge in [-0.05, 0) is 39.8 Å². The fourth-order valence-corrected chi connectivity index (χ4v) is 4.60. The molecule has 0 saturated heterocycles. The number of amides is 3. The molecule has 3 amide bonds. The van der Waals surface area contributed by atoms with E-state index in [4.69, 9.17) is 17.2 Å². The van der Waals surface area contributed by atoms with Crippen LogP contribution in [0.4, 0.5) is 4.79 Å². The Morgan fingerprint density at radius 1 is 0.636 bits per heavy atom. The van der Waals surface area contributed by atoms with Crippen LogP contribution < -0.4 is 33.2 Å². The molecule has 0 heterocycles. The number of hydrogen-bond donors (Lipinski definition) is 6. The molecule has 0 aliphatic carbocycles. The molecule has 0 spiro atoms. The summed E-state index contributed by atoms with van der Waals surface area (Å²) in [4.78, 5) is 34.0. The maximum atomic E-state index is 13.3. The van der Waals surface area contributed by atoms with Crippen LogP contribution in [0.1, 0.15) is 39.3 Å². The van der Waals surface area contributed by atoms with Gasteiger partial charge in [0.1, 0.15) is 0 Å². The minimum Gasteiger partial charge on any atom is -0.370 e. The number of nitrogens with zero attached hydrogens (tertiary/aromatic N) is 2. The first-order chi connectivity index (χ1) is 21.4. The third-order valence-electron chi connectivity index (χ3n) is 6.83. The number of guanidine groups is 2. The molecule has 10 heteroatoms. The number of hydrogen-bond acceptors (Lipinski definition) is 5. The average Bonchev–Trinajstić information content (AvgIpc) is 3.05. The monoisotopic (exact) mass is 590 g/mol. The Labute approximate surface area is 257 Å². The van der Waals surface area contributed by atoms with Crippen molar-refractivity contribution in [3.63, 3.8) is 0 Å². The molecular weight excluding hydrogens is 552 g/mol. The van der Waals surface area contributed by atoms with Crippen molar-refractivity contribution < 1.29 is 9.59 Å². The zero-order chi connectivity index (χ0) is 31.1. The van der Waals surface area contributed by atoms with Crippen LogP contribution >= 0.6 is 0 Å². The second kappa shape index (κ2) is 16.2. The molecule has 0 aliphatic heterocycles. The maximum Gasteiger partial charge on any atom is 0.328 e. The lowest BCUT2D eigenvalue weighted by Gasteiger charge is -2.18. The van der Waals surface area contributed by atoms with Gasteiger partial charge in [-0.2, -0.15) is 0 Å². The summed E-state index contributed by atoms with van der Waals surface area (Å²) in [5.74, 6) is -0.489. The molecule has 1 unspecified atom stereocenters. The van der Waals surface area contributed by atoms with Gasteiger partial charge in [-0.15, -0.1) is 0 Å². The lowest BCUT2D eigenvalue weighted by molar-refractivity contribution is -0.122. The Bertz CT molecular complexity index is 1590. The Kier molecular flexibility index (Phi) is 11.6. The van der Waals surface area contributed by atoms with Gasteiger partial charge in [0, 0.05) is 13.1 Å². The van der Waals surface area contributed by atoms with Crippen LogP contribution in [-0.2, 0) is 37.4 Å². The van der Waals surface area contributed by atoms with E-state index in [0.717, 1.165) is 33.4 Å². The number of nitrogens with one attached hydrogen (secondary N) is 3. The van der Waals surface area contributed by atoms with Crippen LogP contribution in [-0.4, -0.2) is 23.9 Å². The summed E-state index contributed by atoms with van der Waals surface area (Å²) in [6.45, 7) is 1.31. The van der Waals surface area contributed by atoms with E-state index in [1.807, 2.05) is 109 Å². The van der Waals surface area contributed by atoms with E-state index < -0.39 is 6.03 Å². The fourth-order valence-electron chi connectivity index (χ4n) is 4.60. The smallest absolute Gasteiger partial charge is 0.328 e. The highest BCUT2D eigenvalue weighted by molar-refractivity contribution is 6.03. The third-order valence-corrected chi connectivity index (χ3v) is 6.83. The van der Waals surface area contributed by atoms with Gasteiger partial charge in [0.25, 0.3) is 0 Å². The van der Waals surface area contributed by atoms with E-state index >= 15 is 0 Å². The first-order valence-corrected chi connectivity index (χ1v) is 14.3. The van der Waals surface area contributed by atoms with E-state index in [1.165, 1.54) is 0 Å². The van der Waals surface area contributed by atoms with Crippen LogP contribution in [0.2, 0.25) is 0 Å². The highest BCUT2D eigenvalue weighted by Crippen LogP contribution is 2.21. The average molecular weight is 591 g/mol. The predicted octanol–water partition coefficient (Wildman–Crippen LogP) is 3.42. The molecule has 0 radical (unpaired) electrons. The van der Waals surface area contributed by atoms with Gasteiger partial charge in [0.15, 0.2) is 11.9 Å². The number of benzene rings is 4. The van der Waals surface area contributed by atoms with Crippen molar-refractivity contribution in [1.29, 1.82) is 0 Å². The number of carbonyl (C=O) groups is 2. The van der Waals surface area contributed by atoms with Gasteiger partial charge in [-0.1, -0.05) is 109 Å². The van der Waals surface area contributed by atoms with Crippen LogP contribution in [0.25, 0.3) is 0 Å². The number of urea groups is 1. The summed E-state index contributed by atoms with van der Waals surface area (Å²) >= 11 is 0. The SMILES string of the molecule is NCc1cccc(CN=C(N)NC(=O)NC(N)=NCc2cccc(CNC(=O)C(Cc3ccccc3)c3ccccc3)c2)c1. The Morgan fingerprint density at radius 2 is 1.14 bits per heavy atom. The second-order valence-corrected chi connectivity index (χ2v) is 10.2. The molecule has 1 atom stereocenters. The quantitative estimate of drug-likeness (QED) is 0.116. The number of aliphatic imine (C=N–C) groups is 2. The second-order valence-electron chi connectivity index (χ2n) is 10.2. The first-order valence-electron chi connectivity index (χ1n) is 14.3. The summed E-state index contributed by atoms with van der Waals surface area (Å²) in [6.07, 6.45) is 0.603. The van der Waals surface area contributed by atoms with Crippen molar-refractivity contribution in [1.82, 2.24) is 16.0 Å².